The van der Waals surface area contributed by atoms with E-state index in [1.54, 1.807) is 6.33 Å². The molecule has 2 atom stereocenters. The van der Waals surface area contributed by atoms with Crippen molar-refractivity contribution in [3.63, 3.8) is 0 Å². The second-order valence-corrected chi connectivity index (χ2v) is 11.6. The van der Waals surface area contributed by atoms with Crippen molar-refractivity contribution >= 4 is 11.6 Å². The molecule has 2 unspecified atom stereocenters. The topological polar surface area (TPSA) is 88.3 Å². The summed E-state index contributed by atoms with van der Waals surface area (Å²) in [5.74, 6) is 4.17. The minimum absolute atomic E-state index is 0.0113. The number of anilines is 2. The first-order valence-electron chi connectivity index (χ1n) is 12.7. The van der Waals surface area contributed by atoms with Crippen molar-refractivity contribution in [3.8, 4) is 0 Å². The molecule has 2 aliphatic heterocycles. The molecule has 0 spiro atoms. The quantitative estimate of drug-likeness (QED) is 0.636. The van der Waals surface area contributed by atoms with Crippen LogP contribution in [0.25, 0.3) is 0 Å². The molecule has 3 fully saturated rings. The van der Waals surface area contributed by atoms with Crippen molar-refractivity contribution in [2.45, 2.75) is 103 Å². The Balaban J connectivity index is 1.38. The third-order valence-corrected chi connectivity index (χ3v) is 8.90. The zero-order valence-electron chi connectivity index (χ0n) is 19.8. The van der Waals surface area contributed by atoms with Gasteiger partial charge in [-0.2, -0.15) is 0 Å². The van der Waals surface area contributed by atoms with Gasteiger partial charge in [-0.1, -0.05) is 39.5 Å². The second kappa shape index (κ2) is 7.32. The molecule has 7 nitrogen and oxygen atoms in total. The van der Waals surface area contributed by atoms with Gasteiger partial charge in [0, 0.05) is 5.41 Å². The zero-order valence-corrected chi connectivity index (χ0v) is 19.8. The largest absolute Gasteiger partial charge is 0.412 e. The monoisotopic (exact) mass is 438 g/mol. The van der Waals surface area contributed by atoms with Crippen LogP contribution in [0.4, 0.5) is 11.6 Å². The van der Waals surface area contributed by atoms with Crippen LogP contribution in [0.2, 0.25) is 0 Å². The van der Waals surface area contributed by atoms with Crippen LogP contribution in [-0.2, 0) is 4.84 Å². The number of fused-ring (bicyclic) bond motifs is 1. The minimum Gasteiger partial charge on any atom is -0.412 e. The summed E-state index contributed by atoms with van der Waals surface area (Å²) in [5, 5.41) is 2.26. The summed E-state index contributed by atoms with van der Waals surface area (Å²) in [7, 11) is 0. The number of aromatic nitrogens is 2. The zero-order chi connectivity index (χ0) is 22.1. The summed E-state index contributed by atoms with van der Waals surface area (Å²) >= 11 is 0. The number of hydrazine groups is 1. The van der Waals surface area contributed by atoms with Crippen LogP contribution in [0.3, 0.4) is 0 Å². The SMILES string of the molecule is CC1CCCC(C2=C(C3(C)CC3)ONC2C2NN(C3(C)CC3)c3ncnc(N)c32)CCC1. The molecule has 5 aliphatic rings. The maximum atomic E-state index is 6.47. The van der Waals surface area contributed by atoms with Gasteiger partial charge < -0.3 is 10.6 Å². The minimum atomic E-state index is -0.0113. The predicted octanol–water partition coefficient (Wildman–Crippen LogP) is 4.54. The van der Waals surface area contributed by atoms with E-state index in [1.807, 2.05) is 0 Å². The van der Waals surface area contributed by atoms with Crippen LogP contribution in [0.5, 0.6) is 0 Å². The van der Waals surface area contributed by atoms with Crippen LogP contribution in [0, 0.1) is 17.3 Å². The molecular weight excluding hydrogens is 400 g/mol. The van der Waals surface area contributed by atoms with Gasteiger partial charge in [-0.15, -0.1) is 5.48 Å². The maximum Gasteiger partial charge on any atom is 0.153 e. The number of nitrogens with zero attached hydrogens (tertiary/aromatic N) is 3. The number of nitrogens with two attached hydrogens (primary N) is 1. The van der Waals surface area contributed by atoms with Gasteiger partial charge in [-0.3, -0.25) is 5.01 Å². The third-order valence-electron chi connectivity index (χ3n) is 8.90. The average molecular weight is 439 g/mol. The van der Waals surface area contributed by atoms with Crippen LogP contribution < -0.4 is 21.6 Å². The number of hydrogen-bond acceptors (Lipinski definition) is 7. The Morgan fingerprint density at radius 1 is 1.03 bits per heavy atom. The van der Waals surface area contributed by atoms with Crippen molar-refractivity contribution < 1.29 is 4.84 Å². The molecule has 4 N–H and O–H groups in total. The number of rotatable bonds is 4. The van der Waals surface area contributed by atoms with Crippen molar-refractivity contribution in [1.82, 2.24) is 20.9 Å². The molecule has 32 heavy (non-hydrogen) atoms. The van der Waals surface area contributed by atoms with E-state index in [9.17, 15) is 0 Å². The third kappa shape index (κ3) is 3.31. The molecule has 0 aromatic carbocycles. The highest BCUT2D eigenvalue weighted by molar-refractivity contribution is 5.64. The molecule has 7 heteroatoms. The van der Waals surface area contributed by atoms with Crippen molar-refractivity contribution in [3.05, 3.63) is 23.2 Å². The molecule has 3 heterocycles. The summed E-state index contributed by atoms with van der Waals surface area (Å²) in [6, 6.07) is 0.0477. The van der Waals surface area contributed by atoms with E-state index in [1.165, 1.54) is 62.7 Å². The van der Waals surface area contributed by atoms with Crippen LogP contribution in [-0.4, -0.2) is 21.5 Å². The summed E-state index contributed by atoms with van der Waals surface area (Å²) in [6.45, 7) is 7.07. The smallest absolute Gasteiger partial charge is 0.153 e. The summed E-state index contributed by atoms with van der Waals surface area (Å²) in [5.41, 5.74) is 16.6. The van der Waals surface area contributed by atoms with E-state index in [4.69, 9.17) is 10.6 Å². The van der Waals surface area contributed by atoms with Crippen molar-refractivity contribution in [2.24, 2.45) is 17.3 Å². The normalized spacial score (nSPS) is 35.2. The van der Waals surface area contributed by atoms with Gasteiger partial charge in [-0.25, -0.2) is 15.4 Å². The van der Waals surface area contributed by atoms with Crippen LogP contribution in [0.1, 0.15) is 96.6 Å². The van der Waals surface area contributed by atoms with Crippen LogP contribution >= 0.6 is 0 Å². The number of nitrogens with one attached hydrogen (secondary N) is 2. The maximum absolute atomic E-state index is 6.47. The van der Waals surface area contributed by atoms with Gasteiger partial charge in [0.15, 0.2) is 5.82 Å². The van der Waals surface area contributed by atoms with Gasteiger partial charge in [0.1, 0.15) is 17.9 Å². The molecule has 1 aromatic heterocycles. The first-order valence-corrected chi connectivity index (χ1v) is 12.7. The first-order chi connectivity index (χ1) is 15.4. The van der Waals surface area contributed by atoms with E-state index in [0.29, 0.717) is 11.7 Å². The molecule has 1 aromatic rings. The lowest BCUT2D eigenvalue weighted by molar-refractivity contribution is 0.0843. The number of nitrogen functional groups attached to an aromatic ring is 1. The molecule has 0 radical (unpaired) electrons. The number of allylic oxidation sites excluding steroid dienone is 1. The van der Waals surface area contributed by atoms with E-state index >= 15 is 0 Å². The molecule has 0 bridgehead atoms. The first kappa shape index (κ1) is 20.7. The average Bonchev–Trinajstić information content (AvgIpc) is 3.57. The van der Waals surface area contributed by atoms with Crippen molar-refractivity contribution in [1.29, 1.82) is 0 Å². The lowest BCUT2D eigenvalue weighted by Gasteiger charge is -2.31. The second-order valence-electron chi connectivity index (χ2n) is 11.6. The Bertz CT molecular complexity index is 926. The highest BCUT2D eigenvalue weighted by Crippen LogP contribution is 2.57. The van der Waals surface area contributed by atoms with Gasteiger partial charge >= 0.3 is 0 Å². The van der Waals surface area contributed by atoms with Gasteiger partial charge in [0.25, 0.3) is 0 Å². The Kier molecular flexibility index (Phi) is 4.74. The summed E-state index contributed by atoms with van der Waals surface area (Å²) in [4.78, 5) is 15.4. The highest BCUT2D eigenvalue weighted by Gasteiger charge is 2.55. The number of hydroxylamine groups is 1. The Labute approximate surface area is 191 Å². The summed E-state index contributed by atoms with van der Waals surface area (Å²) in [6.07, 6.45) is 14.1. The lowest BCUT2D eigenvalue weighted by atomic mass is 9.77. The standard InChI is InChI=1S/C25H38N6O/c1-15-6-4-8-16(9-5-7-15)17-20(30-32-21(17)24(2)10-11-24)19-18-22(26)27-14-28-23(18)31(29-19)25(3)12-13-25/h14-16,19-20,29-30H,4-13H2,1-3H3,(H2,26,27,28). The Morgan fingerprint density at radius 3 is 2.41 bits per heavy atom. The molecule has 3 aliphatic carbocycles. The number of hydrogen-bond donors (Lipinski definition) is 3. The molecule has 174 valence electrons. The molecule has 0 amide bonds. The van der Waals surface area contributed by atoms with E-state index in [0.717, 1.165) is 30.1 Å². The van der Waals surface area contributed by atoms with Gasteiger partial charge in [-0.05, 0) is 62.9 Å². The molecule has 0 saturated heterocycles. The molecule has 6 rings (SSSR count). The van der Waals surface area contributed by atoms with E-state index in [-0.39, 0.29) is 23.0 Å². The lowest BCUT2D eigenvalue weighted by Crippen LogP contribution is -2.48. The van der Waals surface area contributed by atoms with Gasteiger partial charge in [0.05, 0.1) is 23.2 Å². The Morgan fingerprint density at radius 2 is 1.75 bits per heavy atom. The van der Waals surface area contributed by atoms with E-state index < -0.39 is 0 Å². The fourth-order valence-electron chi connectivity index (χ4n) is 6.18. The van der Waals surface area contributed by atoms with Crippen molar-refractivity contribution in [2.75, 3.05) is 10.7 Å². The highest BCUT2D eigenvalue weighted by atomic mass is 16.7. The molecular formula is C25H38N6O. The Hall–Kier alpha value is -1.86. The predicted molar refractivity (Wildman–Crippen MR) is 125 cm³/mol. The van der Waals surface area contributed by atoms with Crippen LogP contribution in [0.15, 0.2) is 17.7 Å². The summed E-state index contributed by atoms with van der Waals surface area (Å²) < 4.78 is 0. The van der Waals surface area contributed by atoms with E-state index in [2.05, 4.69) is 46.7 Å². The molecule has 3 saturated carbocycles. The fraction of sp³-hybridized carbons (Fsp3) is 0.760. The fourth-order valence-corrected chi connectivity index (χ4v) is 6.18. The van der Waals surface area contributed by atoms with Gasteiger partial charge in [0.2, 0.25) is 0 Å².